The van der Waals surface area contributed by atoms with Crippen molar-refractivity contribution < 1.29 is 0 Å². The maximum Gasteiger partial charge on any atom is -0.0105 e. The Hall–Kier alpha value is -0.520. The zero-order valence-electron chi connectivity index (χ0n) is 14.8. The summed E-state index contributed by atoms with van der Waals surface area (Å²) in [6.45, 7) is 12.3. The molecule has 0 bridgehead atoms. The normalized spacial score (nSPS) is 43.0. The molecular formula is C21H34. The molecule has 0 aliphatic heterocycles. The molecule has 0 saturated heterocycles. The van der Waals surface area contributed by atoms with E-state index in [2.05, 4.69) is 46.8 Å². The Morgan fingerprint density at radius 2 is 2.00 bits per heavy atom. The average molecular weight is 287 g/mol. The summed E-state index contributed by atoms with van der Waals surface area (Å²) in [4.78, 5) is 0. The largest absolute Gasteiger partial charge is 0.0807 e. The van der Waals surface area contributed by atoms with Gasteiger partial charge in [0, 0.05) is 0 Å². The Labute approximate surface area is 132 Å². The van der Waals surface area contributed by atoms with Gasteiger partial charge in [0.2, 0.25) is 0 Å². The van der Waals surface area contributed by atoms with Crippen molar-refractivity contribution >= 4 is 0 Å². The van der Waals surface area contributed by atoms with Crippen LogP contribution in [0.3, 0.4) is 0 Å². The standard InChI is InChI=1S/C21H34/c1-6-20(4)12-7-13-21(5)18-10-8-16(15(2)3)14-17(18)9-11-19(20)21/h9,14-15,18-19H,6-8,10-13H2,1-5H3/t18-,19?,20+,21-/m1/s1. The van der Waals surface area contributed by atoms with Crippen molar-refractivity contribution in [1.82, 2.24) is 0 Å². The lowest BCUT2D eigenvalue weighted by molar-refractivity contribution is -0.0506. The molecule has 3 aliphatic rings. The van der Waals surface area contributed by atoms with Crippen molar-refractivity contribution in [3.8, 4) is 0 Å². The molecule has 0 N–H and O–H groups in total. The Balaban J connectivity index is 1.97. The van der Waals surface area contributed by atoms with Crippen LogP contribution in [0, 0.1) is 28.6 Å². The zero-order valence-corrected chi connectivity index (χ0v) is 14.8. The predicted octanol–water partition coefficient (Wildman–Crippen LogP) is 6.53. The first-order valence-corrected chi connectivity index (χ1v) is 9.31. The van der Waals surface area contributed by atoms with Gasteiger partial charge in [-0.1, -0.05) is 65.2 Å². The monoisotopic (exact) mass is 286 g/mol. The van der Waals surface area contributed by atoms with Gasteiger partial charge < -0.3 is 0 Å². The molecule has 4 atom stereocenters. The maximum atomic E-state index is 2.64. The van der Waals surface area contributed by atoms with E-state index in [0.717, 1.165) is 17.8 Å². The van der Waals surface area contributed by atoms with Gasteiger partial charge in [-0.05, 0) is 66.3 Å². The molecule has 21 heavy (non-hydrogen) atoms. The summed E-state index contributed by atoms with van der Waals surface area (Å²) in [6.07, 6.45) is 15.0. The number of hydrogen-bond donors (Lipinski definition) is 0. The summed E-state index contributed by atoms with van der Waals surface area (Å²) in [5.74, 6) is 2.47. The molecule has 0 aromatic heterocycles. The van der Waals surface area contributed by atoms with Gasteiger partial charge in [-0.2, -0.15) is 0 Å². The van der Waals surface area contributed by atoms with Crippen LogP contribution in [0.5, 0.6) is 0 Å². The molecule has 0 spiro atoms. The van der Waals surface area contributed by atoms with Gasteiger partial charge in [-0.3, -0.25) is 0 Å². The summed E-state index contributed by atoms with van der Waals surface area (Å²) in [5.41, 5.74) is 4.53. The van der Waals surface area contributed by atoms with E-state index < -0.39 is 0 Å². The lowest BCUT2D eigenvalue weighted by Gasteiger charge is -2.58. The van der Waals surface area contributed by atoms with E-state index in [-0.39, 0.29) is 0 Å². The van der Waals surface area contributed by atoms with Gasteiger partial charge in [0.15, 0.2) is 0 Å². The molecule has 0 aromatic carbocycles. The second kappa shape index (κ2) is 5.28. The highest BCUT2D eigenvalue weighted by molar-refractivity contribution is 5.35. The molecule has 1 saturated carbocycles. The second-order valence-corrected chi connectivity index (χ2v) is 8.82. The van der Waals surface area contributed by atoms with Gasteiger partial charge in [-0.15, -0.1) is 0 Å². The zero-order chi connectivity index (χ0) is 15.3. The summed E-state index contributed by atoms with van der Waals surface area (Å²) < 4.78 is 0. The van der Waals surface area contributed by atoms with Crippen LogP contribution in [0.4, 0.5) is 0 Å². The topological polar surface area (TPSA) is 0 Å². The first-order chi connectivity index (χ1) is 9.90. The fraction of sp³-hybridized carbons (Fsp3) is 0.810. The lowest BCUT2D eigenvalue weighted by atomic mass is 9.46. The third kappa shape index (κ3) is 2.34. The van der Waals surface area contributed by atoms with Gasteiger partial charge in [0.05, 0.1) is 0 Å². The van der Waals surface area contributed by atoms with Crippen LogP contribution in [-0.4, -0.2) is 0 Å². The minimum atomic E-state index is 0.562. The van der Waals surface area contributed by atoms with Gasteiger partial charge in [0.25, 0.3) is 0 Å². The van der Waals surface area contributed by atoms with Crippen LogP contribution < -0.4 is 0 Å². The predicted molar refractivity (Wildman–Crippen MR) is 92.2 cm³/mol. The molecule has 0 heteroatoms. The Morgan fingerprint density at radius 1 is 1.24 bits per heavy atom. The smallest absolute Gasteiger partial charge is 0.0105 e. The van der Waals surface area contributed by atoms with Crippen LogP contribution in [0.1, 0.15) is 79.6 Å². The van der Waals surface area contributed by atoms with Gasteiger partial charge in [-0.25, -0.2) is 0 Å². The molecule has 0 heterocycles. The molecular weight excluding hydrogens is 252 g/mol. The number of fused-ring (bicyclic) bond motifs is 3. The molecule has 1 unspecified atom stereocenters. The Bertz CT molecular complexity index is 466. The van der Waals surface area contributed by atoms with Gasteiger partial charge >= 0.3 is 0 Å². The fourth-order valence-electron chi connectivity index (χ4n) is 5.90. The van der Waals surface area contributed by atoms with Crippen molar-refractivity contribution in [3.05, 3.63) is 23.3 Å². The van der Waals surface area contributed by atoms with Crippen molar-refractivity contribution in [2.45, 2.75) is 79.6 Å². The minimum absolute atomic E-state index is 0.562. The van der Waals surface area contributed by atoms with E-state index in [0.29, 0.717) is 10.8 Å². The number of rotatable bonds is 2. The third-order valence-electron chi connectivity index (χ3n) is 7.51. The number of hydrogen-bond acceptors (Lipinski definition) is 0. The van der Waals surface area contributed by atoms with Crippen LogP contribution in [0.25, 0.3) is 0 Å². The van der Waals surface area contributed by atoms with Crippen LogP contribution in [-0.2, 0) is 0 Å². The third-order valence-corrected chi connectivity index (χ3v) is 7.51. The summed E-state index contributed by atoms with van der Waals surface area (Å²) >= 11 is 0. The summed E-state index contributed by atoms with van der Waals surface area (Å²) in [6, 6.07) is 0. The van der Waals surface area contributed by atoms with E-state index in [4.69, 9.17) is 0 Å². The molecule has 0 nitrogen and oxygen atoms in total. The molecule has 0 aromatic rings. The SMILES string of the molecule is CC[C@@]1(C)CCC[C@@]2(C)C1CC=C1C=C(C(C)C)CC[C@H]12. The summed E-state index contributed by atoms with van der Waals surface area (Å²) in [7, 11) is 0. The second-order valence-electron chi connectivity index (χ2n) is 8.82. The first kappa shape index (κ1) is 15.4. The Morgan fingerprint density at radius 3 is 2.67 bits per heavy atom. The van der Waals surface area contributed by atoms with E-state index >= 15 is 0 Å². The lowest BCUT2D eigenvalue weighted by Crippen LogP contribution is -2.49. The summed E-state index contributed by atoms with van der Waals surface area (Å²) in [5, 5.41) is 0. The quantitative estimate of drug-likeness (QED) is 0.541. The molecule has 3 rings (SSSR count). The molecule has 3 aliphatic carbocycles. The highest BCUT2D eigenvalue weighted by Gasteiger charge is 2.53. The van der Waals surface area contributed by atoms with Crippen LogP contribution in [0.2, 0.25) is 0 Å². The van der Waals surface area contributed by atoms with Crippen molar-refractivity contribution in [1.29, 1.82) is 0 Å². The van der Waals surface area contributed by atoms with E-state index in [1.807, 2.05) is 0 Å². The van der Waals surface area contributed by atoms with Crippen molar-refractivity contribution in [3.63, 3.8) is 0 Å². The minimum Gasteiger partial charge on any atom is -0.0807 e. The highest BCUT2D eigenvalue weighted by Crippen LogP contribution is 2.62. The average Bonchev–Trinajstić information content (AvgIpc) is 2.46. The van der Waals surface area contributed by atoms with E-state index in [1.54, 1.807) is 11.1 Å². The molecule has 0 amide bonds. The van der Waals surface area contributed by atoms with Crippen molar-refractivity contribution in [2.24, 2.45) is 28.6 Å². The molecule has 118 valence electrons. The van der Waals surface area contributed by atoms with Crippen LogP contribution >= 0.6 is 0 Å². The van der Waals surface area contributed by atoms with E-state index in [1.165, 1.54) is 44.9 Å². The van der Waals surface area contributed by atoms with Crippen molar-refractivity contribution in [2.75, 3.05) is 0 Å². The maximum absolute atomic E-state index is 2.64. The highest BCUT2D eigenvalue weighted by atomic mass is 14.6. The fourth-order valence-corrected chi connectivity index (χ4v) is 5.90. The van der Waals surface area contributed by atoms with Crippen LogP contribution in [0.15, 0.2) is 23.3 Å². The molecule has 1 fully saturated rings. The Kier molecular flexibility index (Phi) is 3.87. The first-order valence-electron chi connectivity index (χ1n) is 9.31. The number of allylic oxidation sites excluding steroid dienone is 4. The van der Waals surface area contributed by atoms with Gasteiger partial charge in [0.1, 0.15) is 0 Å². The molecule has 0 radical (unpaired) electrons. The van der Waals surface area contributed by atoms with E-state index in [9.17, 15) is 0 Å².